The molecule has 0 spiro atoms. The maximum Gasteiger partial charge on any atom is 0.272 e. The maximum absolute atomic E-state index is 14.3. The van der Waals surface area contributed by atoms with Crippen molar-refractivity contribution < 1.29 is 13.9 Å². The summed E-state index contributed by atoms with van der Waals surface area (Å²) in [6, 6.07) is 4.13. The lowest BCUT2D eigenvalue weighted by atomic mass is 10.1. The van der Waals surface area contributed by atoms with E-state index >= 15 is 0 Å². The first kappa shape index (κ1) is 19.3. The van der Waals surface area contributed by atoms with E-state index in [0.717, 1.165) is 0 Å². The Labute approximate surface area is 160 Å². The van der Waals surface area contributed by atoms with Crippen LogP contribution in [0.2, 0.25) is 5.02 Å². The highest BCUT2D eigenvalue weighted by molar-refractivity contribution is 6.33. The topological polar surface area (TPSA) is 66.2 Å². The molecule has 6 nitrogen and oxygen atoms in total. The van der Waals surface area contributed by atoms with Crippen LogP contribution in [0.4, 0.5) is 4.39 Å². The second kappa shape index (κ2) is 7.62. The summed E-state index contributed by atoms with van der Waals surface area (Å²) < 4.78 is 26.0. The molecule has 1 atom stereocenters. The highest BCUT2D eigenvalue weighted by Gasteiger charge is 2.19. The minimum atomic E-state index is -0.562. The van der Waals surface area contributed by atoms with Crippen molar-refractivity contribution in [1.82, 2.24) is 14.5 Å². The van der Waals surface area contributed by atoms with E-state index < -0.39 is 5.82 Å². The van der Waals surface area contributed by atoms with E-state index in [1.54, 1.807) is 30.9 Å². The predicted molar refractivity (Wildman–Crippen MR) is 102 cm³/mol. The van der Waals surface area contributed by atoms with Gasteiger partial charge in [0.15, 0.2) is 11.6 Å². The van der Waals surface area contributed by atoms with Gasteiger partial charge in [-0.1, -0.05) is 11.6 Å². The lowest BCUT2D eigenvalue weighted by Crippen LogP contribution is -2.29. The molecule has 0 radical (unpaired) electrons. The van der Waals surface area contributed by atoms with E-state index in [2.05, 4.69) is 9.97 Å². The second-order valence-electron chi connectivity index (χ2n) is 6.17. The number of rotatable bonds is 5. The Bertz CT molecular complexity index is 1070. The molecule has 0 bridgehead atoms. The number of hydrogen-bond acceptors (Lipinski definition) is 5. The third-order valence-electron chi connectivity index (χ3n) is 4.32. The van der Waals surface area contributed by atoms with Crippen LogP contribution < -0.4 is 10.3 Å². The van der Waals surface area contributed by atoms with Gasteiger partial charge in [0.05, 0.1) is 36.0 Å². The van der Waals surface area contributed by atoms with Gasteiger partial charge in [-0.05, 0) is 26.0 Å². The van der Waals surface area contributed by atoms with Gasteiger partial charge in [-0.15, -0.1) is 0 Å². The molecule has 2 heterocycles. The molecule has 0 saturated carbocycles. The van der Waals surface area contributed by atoms with E-state index in [9.17, 15) is 9.18 Å². The van der Waals surface area contributed by atoms with Gasteiger partial charge < -0.3 is 9.47 Å². The molecular weight excluding hydrogens is 373 g/mol. The molecule has 0 aliphatic carbocycles. The number of halogens is 2. The molecule has 0 aliphatic rings. The molecule has 3 aromatic rings. The molecule has 0 amide bonds. The number of hydrogen-bond donors (Lipinski definition) is 0. The van der Waals surface area contributed by atoms with Gasteiger partial charge in [0.25, 0.3) is 5.56 Å². The quantitative estimate of drug-likeness (QED) is 0.662. The zero-order valence-electron chi connectivity index (χ0n) is 15.4. The molecule has 0 fully saturated rings. The zero-order chi connectivity index (χ0) is 19.7. The molecule has 27 heavy (non-hydrogen) atoms. The Morgan fingerprint density at radius 2 is 2.07 bits per heavy atom. The molecule has 0 unspecified atom stereocenters. The second-order valence-corrected chi connectivity index (χ2v) is 6.58. The lowest BCUT2D eigenvalue weighted by Gasteiger charge is -2.19. The Morgan fingerprint density at radius 1 is 1.33 bits per heavy atom. The molecule has 2 aromatic heterocycles. The van der Waals surface area contributed by atoms with Crippen LogP contribution in [0.5, 0.6) is 5.75 Å². The van der Waals surface area contributed by atoms with Crippen molar-refractivity contribution >= 4 is 22.6 Å². The number of aromatic nitrogens is 3. The first-order valence-corrected chi connectivity index (χ1v) is 8.67. The summed E-state index contributed by atoms with van der Waals surface area (Å²) in [6.07, 6.45) is 1.54. The first-order valence-electron chi connectivity index (χ1n) is 8.29. The highest BCUT2D eigenvalue weighted by atomic mass is 35.5. The number of aryl methyl sites for hydroxylation is 1. The monoisotopic (exact) mass is 391 g/mol. The van der Waals surface area contributed by atoms with Crippen molar-refractivity contribution in [3.8, 4) is 17.0 Å². The third-order valence-corrected chi connectivity index (χ3v) is 4.63. The summed E-state index contributed by atoms with van der Waals surface area (Å²) in [6.45, 7) is 3.86. The van der Waals surface area contributed by atoms with Crippen LogP contribution in [-0.4, -0.2) is 35.4 Å². The number of methoxy groups -OCH3 is 2. The molecule has 3 rings (SSSR count). The van der Waals surface area contributed by atoms with Gasteiger partial charge in [0.1, 0.15) is 11.2 Å². The number of benzene rings is 1. The normalized spacial score (nSPS) is 12.4. The summed E-state index contributed by atoms with van der Waals surface area (Å²) in [5.74, 6) is -0.521. The fraction of sp³-hybridized carbons (Fsp3) is 0.316. The van der Waals surface area contributed by atoms with Gasteiger partial charge in [0.2, 0.25) is 0 Å². The first-order chi connectivity index (χ1) is 12.9. The fourth-order valence-electron chi connectivity index (χ4n) is 3.06. The van der Waals surface area contributed by atoms with Gasteiger partial charge in [0, 0.05) is 24.9 Å². The lowest BCUT2D eigenvalue weighted by molar-refractivity contribution is 0.162. The van der Waals surface area contributed by atoms with Crippen molar-refractivity contribution in [2.75, 3.05) is 20.8 Å². The fourth-order valence-corrected chi connectivity index (χ4v) is 3.31. The van der Waals surface area contributed by atoms with Gasteiger partial charge in [-0.25, -0.2) is 9.37 Å². The molecule has 142 valence electrons. The minimum Gasteiger partial charge on any atom is -0.494 e. The van der Waals surface area contributed by atoms with E-state index in [1.165, 1.54) is 19.2 Å². The summed E-state index contributed by atoms with van der Waals surface area (Å²) in [5, 5.41) is 0.274. The highest BCUT2D eigenvalue weighted by Crippen LogP contribution is 2.35. The van der Waals surface area contributed by atoms with E-state index in [0.29, 0.717) is 34.6 Å². The maximum atomic E-state index is 14.3. The predicted octanol–water partition coefficient (Wildman–Crippen LogP) is 3.78. The van der Waals surface area contributed by atoms with Crippen LogP contribution in [0.1, 0.15) is 18.7 Å². The van der Waals surface area contributed by atoms with Gasteiger partial charge >= 0.3 is 0 Å². The van der Waals surface area contributed by atoms with Crippen LogP contribution in [-0.2, 0) is 4.74 Å². The Kier molecular flexibility index (Phi) is 5.43. The smallest absolute Gasteiger partial charge is 0.272 e. The molecule has 8 heteroatoms. The summed E-state index contributed by atoms with van der Waals surface area (Å²) >= 11 is 6.34. The molecule has 0 N–H and O–H groups in total. The van der Waals surface area contributed by atoms with Crippen LogP contribution in [0.15, 0.2) is 29.2 Å². The number of ether oxygens (including phenoxy) is 2. The van der Waals surface area contributed by atoms with Crippen molar-refractivity contribution in [3.63, 3.8) is 0 Å². The van der Waals surface area contributed by atoms with Crippen molar-refractivity contribution in [2.45, 2.75) is 19.9 Å². The largest absolute Gasteiger partial charge is 0.494 e. The summed E-state index contributed by atoms with van der Waals surface area (Å²) in [5.41, 5.74) is 1.90. The van der Waals surface area contributed by atoms with Crippen LogP contribution in [0.25, 0.3) is 22.3 Å². The van der Waals surface area contributed by atoms with E-state index in [4.69, 9.17) is 21.1 Å². The average Bonchev–Trinajstić information content (AvgIpc) is 2.64. The van der Waals surface area contributed by atoms with Crippen molar-refractivity contribution in [2.24, 2.45) is 0 Å². The third kappa shape index (κ3) is 3.40. The Hall–Kier alpha value is -2.51. The Balaban J connectivity index is 2.34. The van der Waals surface area contributed by atoms with Crippen molar-refractivity contribution in [3.05, 3.63) is 51.3 Å². The average molecular weight is 392 g/mol. The number of nitrogens with zero attached hydrogens (tertiary/aromatic N) is 3. The molecular formula is C19H19ClFN3O3. The standard InChI is InChI=1S/C19H19ClFN3O3/c1-10(9-26-3)24-15-5-6-22-17(18(15)23-11(2)19(24)25)12-7-14(21)16(27-4)8-13(12)20/h5-8,10H,9H2,1-4H3/t10-/m0/s1. The van der Waals surface area contributed by atoms with Crippen LogP contribution in [0.3, 0.4) is 0 Å². The molecule has 0 aliphatic heterocycles. The van der Waals surface area contributed by atoms with Crippen LogP contribution >= 0.6 is 11.6 Å². The van der Waals surface area contributed by atoms with Gasteiger partial charge in [-0.3, -0.25) is 14.3 Å². The Morgan fingerprint density at radius 3 is 2.74 bits per heavy atom. The molecule has 1 aromatic carbocycles. The SMILES string of the molecule is COC[C@H](C)n1c(=O)c(C)nc2c(-c3cc(F)c(OC)cc3Cl)nccc21. The van der Waals surface area contributed by atoms with Crippen molar-refractivity contribution in [1.29, 1.82) is 0 Å². The number of fused-ring (bicyclic) bond motifs is 1. The zero-order valence-corrected chi connectivity index (χ0v) is 16.2. The van der Waals surface area contributed by atoms with E-state index in [1.807, 2.05) is 6.92 Å². The van der Waals surface area contributed by atoms with Crippen LogP contribution in [0, 0.1) is 12.7 Å². The van der Waals surface area contributed by atoms with Gasteiger partial charge in [-0.2, -0.15) is 0 Å². The van der Waals surface area contributed by atoms with E-state index in [-0.39, 0.29) is 22.4 Å². The minimum absolute atomic E-state index is 0.0405. The number of pyridine rings is 1. The summed E-state index contributed by atoms with van der Waals surface area (Å²) in [4.78, 5) is 21.4. The summed E-state index contributed by atoms with van der Waals surface area (Å²) in [7, 11) is 2.94. The molecule has 0 saturated heterocycles.